The molecule has 1 aromatic rings. The quantitative estimate of drug-likeness (QED) is 0.765. The van der Waals surface area contributed by atoms with E-state index in [1.807, 2.05) is 12.1 Å². The van der Waals surface area contributed by atoms with Gasteiger partial charge in [0, 0.05) is 5.69 Å². The van der Waals surface area contributed by atoms with Crippen LogP contribution in [0.3, 0.4) is 0 Å². The summed E-state index contributed by atoms with van der Waals surface area (Å²) in [4.78, 5) is 22.8. The molecule has 3 N–H and O–H groups in total. The van der Waals surface area contributed by atoms with Gasteiger partial charge in [0.15, 0.2) is 0 Å². The maximum Gasteiger partial charge on any atom is 0.329 e. The van der Waals surface area contributed by atoms with Gasteiger partial charge in [-0.05, 0) is 37.5 Å². The van der Waals surface area contributed by atoms with Crippen LogP contribution < -0.4 is 10.6 Å². The molecule has 5 nitrogen and oxygen atoms in total. The Labute approximate surface area is 113 Å². The highest BCUT2D eigenvalue weighted by molar-refractivity contribution is 5.93. The number of aryl methyl sites for hydroxylation is 1. The summed E-state index contributed by atoms with van der Waals surface area (Å²) in [6, 6.07) is 6.92. The molecule has 0 saturated heterocycles. The average Bonchev–Trinajstić information content (AvgIpc) is 2.39. The van der Waals surface area contributed by atoms with Crippen molar-refractivity contribution in [3.05, 3.63) is 29.8 Å². The van der Waals surface area contributed by atoms with Gasteiger partial charge in [0.25, 0.3) is 0 Å². The second kappa shape index (κ2) is 6.22. The van der Waals surface area contributed by atoms with Crippen molar-refractivity contribution in [3.63, 3.8) is 0 Å². The number of carbonyl (C=O) groups excluding carboxylic acids is 1. The number of urea groups is 1. The molecular weight excluding hydrogens is 244 g/mol. The van der Waals surface area contributed by atoms with Crippen molar-refractivity contribution >= 4 is 17.7 Å². The Morgan fingerprint density at radius 2 is 1.79 bits per heavy atom. The first-order chi connectivity index (χ1) is 8.91. The first-order valence-electron chi connectivity index (χ1n) is 6.32. The van der Waals surface area contributed by atoms with Crippen molar-refractivity contribution in [2.45, 2.75) is 39.2 Å². The van der Waals surface area contributed by atoms with E-state index in [4.69, 9.17) is 5.11 Å². The summed E-state index contributed by atoms with van der Waals surface area (Å²) >= 11 is 0. The molecule has 1 rings (SSSR count). The number of rotatable bonds is 5. The van der Waals surface area contributed by atoms with E-state index in [-0.39, 0.29) is 0 Å². The summed E-state index contributed by atoms with van der Waals surface area (Å²) in [5.41, 5.74) is 0.557. The molecule has 0 saturated carbocycles. The molecule has 0 aromatic heterocycles. The SMILES string of the molecule is CCc1ccc(NC(=O)NC(C)(CC)C(=O)O)cc1. The minimum atomic E-state index is -1.26. The fourth-order valence-electron chi connectivity index (χ4n) is 1.53. The molecule has 5 heteroatoms. The van der Waals surface area contributed by atoms with Gasteiger partial charge in [0.2, 0.25) is 0 Å². The van der Waals surface area contributed by atoms with Gasteiger partial charge in [-0.2, -0.15) is 0 Å². The van der Waals surface area contributed by atoms with Gasteiger partial charge in [-0.15, -0.1) is 0 Å². The molecule has 0 aliphatic heterocycles. The molecule has 19 heavy (non-hydrogen) atoms. The number of aliphatic carboxylic acids is 1. The highest BCUT2D eigenvalue weighted by Gasteiger charge is 2.32. The van der Waals surface area contributed by atoms with E-state index < -0.39 is 17.5 Å². The van der Waals surface area contributed by atoms with Gasteiger partial charge < -0.3 is 15.7 Å². The minimum Gasteiger partial charge on any atom is -0.480 e. The van der Waals surface area contributed by atoms with Crippen molar-refractivity contribution in [3.8, 4) is 0 Å². The molecule has 0 fully saturated rings. The van der Waals surface area contributed by atoms with Crippen molar-refractivity contribution in [1.82, 2.24) is 5.32 Å². The number of carboxylic acid groups (broad SMARTS) is 1. The van der Waals surface area contributed by atoms with Crippen LogP contribution in [0.15, 0.2) is 24.3 Å². The molecule has 0 heterocycles. The van der Waals surface area contributed by atoms with Crippen molar-refractivity contribution in [1.29, 1.82) is 0 Å². The van der Waals surface area contributed by atoms with E-state index in [9.17, 15) is 9.59 Å². The molecule has 1 aromatic carbocycles. The Hall–Kier alpha value is -2.04. The number of carboxylic acids is 1. The van der Waals surface area contributed by atoms with Crippen LogP contribution in [0.1, 0.15) is 32.8 Å². The average molecular weight is 264 g/mol. The molecule has 2 amide bonds. The third-order valence-electron chi connectivity index (χ3n) is 3.19. The Morgan fingerprint density at radius 3 is 2.21 bits per heavy atom. The molecular formula is C14H20N2O3. The third-order valence-corrected chi connectivity index (χ3v) is 3.19. The van der Waals surface area contributed by atoms with Crippen molar-refractivity contribution in [2.75, 3.05) is 5.32 Å². The normalized spacial score (nSPS) is 13.4. The molecule has 0 bridgehead atoms. The smallest absolute Gasteiger partial charge is 0.329 e. The number of carbonyl (C=O) groups is 2. The zero-order valence-corrected chi connectivity index (χ0v) is 11.5. The van der Waals surface area contributed by atoms with Gasteiger partial charge in [-0.25, -0.2) is 9.59 Å². The summed E-state index contributed by atoms with van der Waals surface area (Å²) in [6.45, 7) is 5.24. The Morgan fingerprint density at radius 1 is 1.21 bits per heavy atom. The lowest BCUT2D eigenvalue weighted by Gasteiger charge is -2.24. The second-order valence-corrected chi connectivity index (χ2v) is 4.62. The minimum absolute atomic E-state index is 0.310. The van der Waals surface area contributed by atoms with E-state index in [1.54, 1.807) is 19.1 Å². The summed E-state index contributed by atoms with van der Waals surface area (Å²) in [7, 11) is 0. The summed E-state index contributed by atoms with van der Waals surface area (Å²) in [5, 5.41) is 14.2. The fourth-order valence-corrected chi connectivity index (χ4v) is 1.53. The van der Waals surface area contributed by atoms with Gasteiger partial charge in [0.05, 0.1) is 0 Å². The summed E-state index contributed by atoms with van der Waals surface area (Å²) in [6.07, 6.45) is 1.24. The Bertz CT molecular complexity index is 456. The van der Waals surface area contributed by atoms with Crippen molar-refractivity contribution < 1.29 is 14.7 Å². The number of benzene rings is 1. The third kappa shape index (κ3) is 3.98. The van der Waals surface area contributed by atoms with E-state index in [2.05, 4.69) is 17.6 Å². The Balaban J connectivity index is 2.66. The number of hydrogen-bond acceptors (Lipinski definition) is 2. The molecule has 1 atom stereocenters. The lowest BCUT2D eigenvalue weighted by atomic mass is 10.00. The van der Waals surface area contributed by atoms with Gasteiger partial charge in [-0.3, -0.25) is 0 Å². The topological polar surface area (TPSA) is 78.4 Å². The van der Waals surface area contributed by atoms with Crippen molar-refractivity contribution in [2.24, 2.45) is 0 Å². The lowest BCUT2D eigenvalue weighted by molar-refractivity contribution is -0.143. The van der Waals surface area contributed by atoms with Crippen LogP contribution in [0.4, 0.5) is 10.5 Å². The van der Waals surface area contributed by atoms with Gasteiger partial charge >= 0.3 is 12.0 Å². The van der Waals surface area contributed by atoms with E-state index in [0.717, 1.165) is 6.42 Å². The highest BCUT2D eigenvalue weighted by atomic mass is 16.4. The zero-order valence-electron chi connectivity index (χ0n) is 11.5. The number of amides is 2. The van der Waals surface area contributed by atoms with Crippen LogP contribution in [0, 0.1) is 0 Å². The molecule has 0 aliphatic carbocycles. The largest absolute Gasteiger partial charge is 0.480 e. The molecule has 104 valence electrons. The number of hydrogen-bond donors (Lipinski definition) is 3. The van der Waals surface area contributed by atoms with E-state index >= 15 is 0 Å². The molecule has 0 radical (unpaired) electrons. The summed E-state index contributed by atoms with van der Waals surface area (Å²) in [5.74, 6) is -1.05. The zero-order chi connectivity index (χ0) is 14.5. The monoisotopic (exact) mass is 264 g/mol. The van der Waals surface area contributed by atoms with E-state index in [1.165, 1.54) is 12.5 Å². The van der Waals surface area contributed by atoms with Crippen LogP contribution in [0.25, 0.3) is 0 Å². The molecule has 1 unspecified atom stereocenters. The number of nitrogens with one attached hydrogen (secondary N) is 2. The van der Waals surface area contributed by atoms with E-state index in [0.29, 0.717) is 12.1 Å². The Kier molecular flexibility index (Phi) is 4.92. The van der Waals surface area contributed by atoms with Crippen LogP contribution in [0.2, 0.25) is 0 Å². The first-order valence-corrected chi connectivity index (χ1v) is 6.32. The molecule has 0 aliphatic rings. The van der Waals surface area contributed by atoms with Crippen LogP contribution in [-0.4, -0.2) is 22.6 Å². The summed E-state index contributed by atoms with van der Waals surface area (Å²) < 4.78 is 0. The van der Waals surface area contributed by atoms with Gasteiger partial charge in [-0.1, -0.05) is 26.0 Å². The second-order valence-electron chi connectivity index (χ2n) is 4.62. The predicted molar refractivity (Wildman–Crippen MR) is 74.3 cm³/mol. The van der Waals surface area contributed by atoms with Crippen LogP contribution >= 0.6 is 0 Å². The maximum absolute atomic E-state index is 11.8. The predicted octanol–water partition coefficient (Wildman–Crippen LogP) is 2.62. The van der Waals surface area contributed by atoms with Gasteiger partial charge in [0.1, 0.15) is 5.54 Å². The first kappa shape index (κ1) is 15.0. The standard InChI is InChI=1S/C14H20N2O3/c1-4-10-6-8-11(9-7-10)15-13(19)16-14(3,5-2)12(17)18/h6-9H,4-5H2,1-3H3,(H,17,18)(H2,15,16,19). The van der Waals surface area contributed by atoms with Crippen LogP contribution in [0.5, 0.6) is 0 Å². The maximum atomic E-state index is 11.8. The highest BCUT2D eigenvalue weighted by Crippen LogP contribution is 2.12. The lowest BCUT2D eigenvalue weighted by Crippen LogP contribution is -2.53. The van der Waals surface area contributed by atoms with Crippen LogP contribution in [-0.2, 0) is 11.2 Å². The molecule has 0 spiro atoms. The number of anilines is 1. The fraction of sp³-hybridized carbons (Fsp3) is 0.429.